The smallest absolute Gasteiger partial charge is 0.212 e. The van der Waals surface area contributed by atoms with E-state index in [1.807, 2.05) is 6.21 Å². The van der Waals surface area contributed by atoms with Crippen LogP contribution >= 0.6 is 0 Å². The van der Waals surface area contributed by atoms with Gasteiger partial charge in [0.15, 0.2) is 0 Å². The van der Waals surface area contributed by atoms with Crippen LogP contribution in [0.5, 0.6) is 0 Å². The SMILES string of the molecule is C(=NNC1=NCCN1)c1cccc2cc3ccccc3cc12. The molecule has 2 N–H and O–H groups in total. The first kappa shape index (κ1) is 12.8. The number of aliphatic imine (C=N–C) groups is 1. The number of nitrogens with zero attached hydrogens (tertiary/aromatic N) is 2. The van der Waals surface area contributed by atoms with Crippen molar-refractivity contribution in [2.75, 3.05) is 13.1 Å². The second-order valence-corrected chi connectivity index (χ2v) is 5.29. The van der Waals surface area contributed by atoms with Crippen molar-refractivity contribution in [1.29, 1.82) is 0 Å². The molecule has 0 fully saturated rings. The monoisotopic (exact) mass is 288 g/mol. The highest BCUT2D eigenvalue weighted by atomic mass is 15.4. The molecule has 0 radical (unpaired) electrons. The first-order valence-electron chi connectivity index (χ1n) is 7.39. The van der Waals surface area contributed by atoms with Crippen LogP contribution in [-0.4, -0.2) is 25.3 Å². The highest BCUT2D eigenvalue weighted by Crippen LogP contribution is 2.24. The zero-order valence-electron chi connectivity index (χ0n) is 12.1. The number of benzene rings is 3. The molecule has 1 heterocycles. The molecule has 0 saturated heterocycles. The zero-order chi connectivity index (χ0) is 14.8. The third-order valence-corrected chi connectivity index (χ3v) is 3.83. The molecule has 0 aliphatic carbocycles. The van der Waals surface area contributed by atoms with Gasteiger partial charge in [0.25, 0.3) is 0 Å². The number of guanidine groups is 1. The molecule has 1 aliphatic rings. The van der Waals surface area contributed by atoms with Crippen LogP contribution in [0.2, 0.25) is 0 Å². The van der Waals surface area contributed by atoms with E-state index < -0.39 is 0 Å². The maximum absolute atomic E-state index is 4.29. The van der Waals surface area contributed by atoms with Crippen LogP contribution in [0.15, 0.2) is 64.7 Å². The molecular weight excluding hydrogens is 272 g/mol. The van der Waals surface area contributed by atoms with Crippen LogP contribution in [0.25, 0.3) is 21.5 Å². The first-order valence-corrected chi connectivity index (χ1v) is 7.39. The summed E-state index contributed by atoms with van der Waals surface area (Å²) >= 11 is 0. The first-order chi connectivity index (χ1) is 10.9. The van der Waals surface area contributed by atoms with E-state index in [4.69, 9.17) is 0 Å². The molecule has 0 saturated carbocycles. The summed E-state index contributed by atoms with van der Waals surface area (Å²) in [7, 11) is 0. The summed E-state index contributed by atoms with van der Waals surface area (Å²) in [4.78, 5) is 4.25. The largest absolute Gasteiger partial charge is 0.353 e. The standard InChI is InChI=1S/C18H16N4/c1-2-5-14-11-17-15(10-13(14)4-1)6-3-7-16(17)12-21-22-18-19-8-9-20-18/h1-7,10-12H,8-9H2,(H2,19,20,22). The van der Waals surface area contributed by atoms with Gasteiger partial charge in [-0.15, -0.1) is 0 Å². The van der Waals surface area contributed by atoms with Crippen LogP contribution in [-0.2, 0) is 0 Å². The summed E-state index contributed by atoms with van der Waals surface area (Å²) in [5, 5.41) is 12.3. The van der Waals surface area contributed by atoms with Crippen molar-refractivity contribution >= 4 is 33.7 Å². The number of hydrogen-bond donors (Lipinski definition) is 2. The van der Waals surface area contributed by atoms with Crippen molar-refractivity contribution in [2.24, 2.45) is 10.1 Å². The summed E-state index contributed by atoms with van der Waals surface area (Å²) in [6.07, 6.45) is 1.85. The van der Waals surface area contributed by atoms with Crippen LogP contribution in [0.3, 0.4) is 0 Å². The summed E-state index contributed by atoms with van der Waals surface area (Å²) in [5.41, 5.74) is 4.03. The number of nitrogens with one attached hydrogen (secondary N) is 2. The van der Waals surface area contributed by atoms with Crippen molar-refractivity contribution in [3.05, 3.63) is 60.2 Å². The van der Waals surface area contributed by atoms with E-state index in [1.54, 1.807) is 0 Å². The zero-order valence-corrected chi connectivity index (χ0v) is 12.1. The number of hydrazone groups is 1. The molecular formula is C18H16N4. The quantitative estimate of drug-likeness (QED) is 0.433. The third-order valence-electron chi connectivity index (χ3n) is 3.83. The van der Waals surface area contributed by atoms with E-state index in [0.29, 0.717) is 0 Å². The second-order valence-electron chi connectivity index (χ2n) is 5.29. The topological polar surface area (TPSA) is 48.8 Å². The average molecular weight is 288 g/mol. The van der Waals surface area contributed by atoms with Gasteiger partial charge in [-0.1, -0.05) is 42.5 Å². The molecule has 3 aromatic rings. The second kappa shape index (κ2) is 5.48. The molecule has 4 heteroatoms. The summed E-state index contributed by atoms with van der Waals surface area (Å²) in [6.45, 7) is 1.68. The van der Waals surface area contributed by atoms with Gasteiger partial charge < -0.3 is 5.32 Å². The number of rotatable bonds is 2. The Morgan fingerprint density at radius 2 is 1.82 bits per heavy atom. The molecule has 0 unspecified atom stereocenters. The minimum Gasteiger partial charge on any atom is -0.353 e. The van der Waals surface area contributed by atoms with Crippen molar-refractivity contribution in [3.63, 3.8) is 0 Å². The summed E-state index contributed by atoms with van der Waals surface area (Å²) in [5.74, 6) is 0.738. The highest BCUT2D eigenvalue weighted by molar-refractivity contribution is 6.06. The predicted octanol–water partition coefficient (Wildman–Crippen LogP) is 2.88. The lowest BCUT2D eigenvalue weighted by molar-refractivity contribution is 0.920. The summed E-state index contributed by atoms with van der Waals surface area (Å²) in [6, 6.07) is 19.1. The van der Waals surface area contributed by atoms with Gasteiger partial charge in [-0.2, -0.15) is 5.10 Å². The van der Waals surface area contributed by atoms with Crippen LogP contribution in [0.4, 0.5) is 0 Å². The Hall–Kier alpha value is -2.88. The Kier molecular flexibility index (Phi) is 3.20. The van der Waals surface area contributed by atoms with Gasteiger partial charge in [0.2, 0.25) is 5.96 Å². The van der Waals surface area contributed by atoms with E-state index in [9.17, 15) is 0 Å². The lowest BCUT2D eigenvalue weighted by atomic mass is 10.0. The molecule has 108 valence electrons. The van der Waals surface area contributed by atoms with Crippen LogP contribution < -0.4 is 10.7 Å². The fourth-order valence-corrected chi connectivity index (χ4v) is 2.74. The average Bonchev–Trinajstić information content (AvgIpc) is 3.07. The Morgan fingerprint density at radius 3 is 2.64 bits per heavy atom. The maximum Gasteiger partial charge on any atom is 0.212 e. The Labute approximate surface area is 128 Å². The molecule has 22 heavy (non-hydrogen) atoms. The molecule has 0 aromatic heterocycles. The normalized spacial score (nSPS) is 14.5. The van der Waals surface area contributed by atoms with Crippen LogP contribution in [0, 0.1) is 0 Å². The molecule has 4 rings (SSSR count). The van der Waals surface area contributed by atoms with Crippen molar-refractivity contribution in [2.45, 2.75) is 0 Å². The van der Waals surface area contributed by atoms with Gasteiger partial charge in [-0.3, -0.25) is 0 Å². The van der Waals surface area contributed by atoms with Crippen molar-refractivity contribution < 1.29 is 0 Å². The summed E-state index contributed by atoms with van der Waals surface area (Å²) < 4.78 is 0. The number of hydrogen-bond acceptors (Lipinski definition) is 4. The molecule has 0 atom stereocenters. The number of fused-ring (bicyclic) bond motifs is 2. The van der Waals surface area contributed by atoms with Crippen molar-refractivity contribution in [3.8, 4) is 0 Å². The Balaban J connectivity index is 1.73. The lowest BCUT2D eigenvalue weighted by Gasteiger charge is -2.05. The van der Waals surface area contributed by atoms with E-state index >= 15 is 0 Å². The van der Waals surface area contributed by atoms with E-state index in [1.165, 1.54) is 21.5 Å². The molecule has 1 aliphatic heterocycles. The van der Waals surface area contributed by atoms with E-state index in [0.717, 1.165) is 24.6 Å². The highest BCUT2D eigenvalue weighted by Gasteiger charge is 2.03. The van der Waals surface area contributed by atoms with Crippen molar-refractivity contribution in [1.82, 2.24) is 10.7 Å². The van der Waals surface area contributed by atoms with Gasteiger partial charge in [0, 0.05) is 12.1 Å². The Morgan fingerprint density at radius 1 is 1.00 bits per heavy atom. The lowest BCUT2D eigenvalue weighted by Crippen LogP contribution is -2.30. The van der Waals surface area contributed by atoms with Gasteiger partial charge >= 0.3 is 0 Å². The van der Waals surface area contributed by atoms with Gasteiger partial charge in [0.05, 0.1) is 12.8 Å². The molecule has 4 nitrogen and oxygen atoms in total. The van der Waals surface area contributed by atoms with Gasteiger partial charge in [-0.25, -0.2) is 10.4 Å². The minimum atomic E-state index is 0.738. The molecule has 0 spiro atoms. The van der Waals surface area contributed by atoms with E-state index in [-0.39, 0.29) is 0 Å². The van der Waals surface area contributed by atoms with Crippen LogP contribution in [0.1, 0.15) is 5.56 Å². The van der Waals surface area contributed by atoms with E-state index in [2.05, 4.69) is 75.4 Å². The van der Waals surface area contributed by atoms with Gasteiger partial charge in [0.1, 0.15) is 0 Å². The molecule has 0 amide bonds. The minimum absolute atomic E-state index is 0.738. The predicted molar refractivity (Wildman–Crippen MR) is 92.5 cm³/mol. The molecule has 3 aromatic carbocycles. The fourth-order valence-electron chi connectivity index (χ4n) is 2.74. The third kappa shape index (κ3) is 2.39. The molecule has 0 bridgehead atoms. The fraction of sp³-hybridized carbons (Fsp3) is 0.111. The maximum atomic E-state index is 4.29. The Bertz CT molecular complexity index is 896. The van der Waals surface area contributed by atoms with Gasteiger partial charge in [-0.05, 0) is 33.7 Å².